The minimum absolute atomic E-state index is 0.185. The molecule has 17 heavy (non-hydrogen) atoms. The Morgan fingerprint density at radius 2 is 2.29 bits per heavy atom. The monoisotopic (exact) mass is 249 g/mol. The van der Waals surface area contributed by atoms with Crippen LogP contribution in [0.1, 0.15) is 17.0 Å². The van der Waals surface area contributed by atoms with Crippen molar-refractivity contribution in [3.05, 3.63) is 40.2 Å². The number of nitrogens with zero attached hydrogens (tertiary/aromatic N) is 3. The predicted molar refractivity (Wildman–Crippen MR) is 59.5 cm³/mol. The summed E-state index contributed by atoms with van der Waals surface area (Å²) in [6.07, 6.45) is 0. The van der Waals surface area contributed by atoms with Crippen molar-refractivity contribution in [2.75, 3.05) is 0 Å². The maximum atomic E-state index is 8.90. The summed E-state index contributed by atoms with van der Waals surface area (Å²) in [5.41, 5.74) is 1.67. The third-order valence-electron chi connectivity index (χ3n) is 2.17. The average Bonchev–Trinajstić information content (AvgIpc) is 2.72. The zero-order chi connectivity index (χ0) is 12.3. The summed E-state index contributed by atoms with van der Waals surface area (Å²) in [6.45, 7) is 1.95. The minimum atomic E-state index is 0.185. The first-order valence-corrected chi connectivity index (χ1v) is 5.19. The average molecular weight is 250 g/mol. The van der Waals surface area contributed by atoms with Gasteiger partial charge in [-0.05, 0) is 19.1 Å². The zero-order valence-electron chi connectivity index (χ0n) is 8.98. The van der Waals surface area contributed by atoms with Crippen molar-refractivity contribution in [2.24, 2.45) is 0 Å². The first-order chi connectivity index (χ1) is 8.20. The fraction of sp³-hybridized carbons (Fsp3) is 0.182. The van der Waals surface area contributed by atoms with E-state index in [9.17, 15) is 0 Å². The number of benzene rings is 1. The number of ether oxygens (including phenoxy) is 1. The molecule has 0 aliphatic heterocycles. The molecule has 0 saturated heterocycles. The van der Waals surface area contributed by atoms with E-state index in [0.717, 1.165) is 0 Å². The summed E-state index contributed by atoms with van der Waals surface area (Å²) in [7, 11) is 0. The Morgan fingerprint density at radius 1 is 1.47 bits per heavy atom. The molecule has 0 spiro atoms. The van der Waals surface area contributed by atoms with Crippen molar-refractivity contribution in [2.45, 2.75) is 13.5 Å². The number of nitriles is 1. The maximum Gasteiger partial charge on any atom is 0.145 e. The maximum absolute atomic E-state index is 8.90. The van der Waals surface area contributed by atoms with Crippen LogP contribution in [0.2, 0.25) is 5.02 Å². The Morgan fingerprint density at radius 3 is 2.94 bits per heavy atom. The first kappa shape index (κ1) is 11.4. The van der Waals surface area contributed by atoms with E-state index in [1.165, 1.54) is 0 Å². The van der Waals surface area contributed by atoms with Gasteiger partial charge in [-0.2, -0.15) is 5.26 Å². The third kappa shape index (κ3) is 2.55. The van der Waals surface area contributed by atoms with Crippen LogP contribution in [0.4, 0.5) is 0 Å². The highest BCUT2D eigenvalue weighted by Crippen LogP contribution is 2.23. The van der Waals surface area contributed by atoms with Crippen LogP contribution in [0.3, 0.4) is 0 Å². The van der Waals surface area contributed by atoms with Gasteiger partial charge in [0.25, 0.3) is 0 Å². The highest BCUT2D eigenvalue weighted by Gasteiger charge is 2.09. The molecule has 1 aromatic carbocycles. The molecule has 1 aromatic heterocycles. The van der Waals surface area contributed by atoms with Gasteiger partial charge in [-0.25, -0.2) is 4.63 Å². The predicted octanol–water partition coefficient (Wildman–Crippen LogP) is 2.48. The second kappa shape index (κ2) is 4.85. The molecule has 1 heterocycles. The fourth-order valence-electron chi connectivity index (χ4n) is 1.23. The summed E-state index contributed by atoms with van der Waals surface area (Å²) in [6, 6.07) is 6.85. The Bertz CT molecular complexity index is 574. The summed E-state index contributed by atoms with van der Waals surface area (Å²) in [5.74, 6) is 0.419. The van der Waals surface area contributed by atoms with Gasteiger partial charge in [0.2, 0.25) is 0 Å². The Balaban J connectivity index is 2.17. The standard InChI is InChI=1S/C11H8ClN3O2/c1-7-10(15-17-14-7)6-16-11-4-9(12)3-2-8(11)5-13/h2-4H,6H2,1H3. The smallest absolute Gasteiger partial charge is 0.145 e. The molecule has 0 atom stereocenters. The van der Waals surface area contributed by atoms with Crippen molar-refractivity contribution in [3.63, 3.8) is 0 Å². The molecule has 0 radical (unpaired) electrons. The fourth-order valence-corrected chi connectivity index (χ4v) is 1.40. The second-order valence-electron chi connectivity index (χ2n) is 3.34. The molecule has 0 amide bonds. The van der Waals surface area contributed by atoms with Gasteiger partial charge in [-0.15, -0.1) is 0 Å². The van der Waals surface area contributed by atoms with E-state index in [0.29, 0.717) is 27.7 Å². The van der Waals surface area contributed by atoms with Gasteiger partial charge >= 0.3 is 0 Å². The largest absolute Gasteiger partial charge is 0.486 e. The lowest BCUT2D eigenvalue weighted by Crippen LogP contribution is -1.99. The quantitative estimate of drug-likeness (QED) is 0.836. The molecule has 0 bridgehead atoms. The molecule has 0 aliphatic rings. The van der Waals surface area contributed by atoms with Crippen LogP contribution in [0.25, 0.3) is 0 Å². The lowest BCUT2D eigenvalue weighted by atomic mass is 10.2. The van der Waals surface area contributed by atoms with Crippen LogP contribution < -0.4 is 4.74 Å². The summed E-state index contributed by atoms with van der Waals surface area (Å²) in [4.78, 5) is 0. The summed E-state index contributed by atoms with van der Waals surface area (Å²) in [5, 5.41) is 16.7. The number of aryl methyl sites for hydroxylation is 1. The van der Waals surface area contributed by atoms with Crippen molar-refractivity contribution in [3.8, 4) is 11.8 Å². The van der Waals surface area contributed by atoms with E-state index in [1.807, 2.05) is 6.07 Å². The van der Waals surface area contributed by atoms with E-state index in [-0.39, 0.29) is 6.61 Å². The van der Waals surface area contributed by atoms with Gasteiger partial charge in [-0.3, -0.25) is 0 Å². The zero-order valence-corrected chi connectivity index (χ0v) is 9.73. The SMILES string of the molecule is Cc1nonc1COc1cc(Cl)ccc1C#N. The number of halogens is 1. The topological polar surface area (TPSA) is 71.9 Å². The van der Waals surface area contributed by atoms with Crippen molar-refractivity contribution in [1.29, 1.82) is 5.26 Å². The molecule has 0 saturated carbocycles. The molecule has 86 valence electrons. The normalized spacial score (nSPS) is 9.94. The molecule has 2 rings (SSSR count). The molecule has 5 nitrogen and oxygen atoms in total. The molecule has 0 unspecified atom stereocenters. The molecule has 6 heteroatoms. The molecular weight excluding hydrogens is 242 g/mol. The van der Waals surface area contributed by atoms with Crippen LogP contribution in [0.5, 0.6) is 5.75 Å². The highest BCUT2D eigenvalue weighted by atomic mass is 35.5. The van der Waals surface area contributed by atoms with E-state index >= 15 is 0 Å². The van der Waals surface area contributed by atoms with Crippen molar-refractivity contribution < 1.29 is 9.37 Å². The Hall–Kier alpha value is -2.06. The van der Waals surface area contributed by atoms with E-state index in [4.69, 9.17) is 21.6 Å². The van der Waals surface area contributed by atoms with Gasteiger partial charge in [0, 0.05) is 11.1 Å². The number of hydrogen-bond acceptors (Lipinski definition) is 5. The van der Waals surface area contributed by atoms with Gasteiger partial charge in [0.15, 0.2) is 0 Å². The molecular formula is C11H8ClN3O2. The van der Waals surface area contributed by atoms with Crippen LogP contribution in [-0.2, 0) is 6.61 Å². The van der Waals surface area contributed by atoms with Crippen LogP contribution in [0, 0.1) is 18.3 Å². The van der Waals surface area contributed by atoms with Crippen molar-refractivity contribution in [1.82, 2.24) is 10.3 Å². The first-order valence-electron chi connectivity index (χ1n) is 4.81. The number of hydrogen-bond donors (Lipinski definition) is 0. The van der Waals surface area contributed by atoms with Gasteiger partial charge in [0.05, 0.1) is 5.56 Å². The second-order valence-corrected chi connectivity index (χ2v) is 3.77. The van der Waals surface area contributed by atoms with E-state index in [2.05, 4.69) is 14.9 Å². The van der Waals surface area contributed by atoms with Crippen LogP contribution >= 0.6 is 11.6 Å². The molecule has 0 N–H and O–H groups in total. The van der Waals surface area contributed by atoms with Crippen LogP contribution in [0.15, 0.2) is 22.8 Å². The van der Waals surface area contributed by atoms with E-state index in [1.54, 1.807) is 25.1 Å². The van der Waals surface area contributed by atoms with Crippen molar-refractivity contribution >= 4 is 11.6 Å². The summed E-state index contributed by atoms with van der Waals surface area (Å²) < 4.78 is 10.0. The minimum Gasteiger partial charge on any atom is -0.486 e. The van der Waals surface area contributed by atoms with Crippen LogP contribution in [-0.4, -0.2) is 10.3 Å². The highest BCUT2D eigenvalue weighted by molar-refractivity contribution is 6.30. The molecule has 0 fully saturated rings. The third-order valence-corrected chi connectivity index (χ3v) is 2.41. The molecule has 2 aromatic rings. The Labute approximate surface area is 103 Å². The van der Waals surface area contributed by atoms with Gasteiger partial charge < -0.3 is 4.74 Å². The number of rotatable bonds is 3. The summed E-state index contributed by atoms with van der Waals surface area (Å²) >= 11 is 5.83. The lowest BCUT2D eigenvalue weighted by Gasteiger charge is -2.06. The molecule has 0 aliphatic carbocycles. The lowest BCUT2D eigenvalue weighted by molar-refractivity contribution is 0.269. The Kier molecular flexibility index (Phi) is 3.26. The number of aromatic nitrogens is 2. The van der Waals surface area contributed by atoms with Gasteiger partial charge in [0.1, 0.15) is 29.8 Å². The van der Waals surface area contributed by atoms with Gasteiger partial charge in [-0.1, -0.05) is 21.9 Å². The van der Waals surface area contributed by atoms with E-state index < -0.39 is 0 Å².